The van der Waals surface area contributed by atoms with Gasteiger partial charge in [-0.3, -0.25) is 14.2 Å². The normalized spacial score (nSPS) is 14.2. The molecule has 2 N–H and O–H groups in total. The molecule has 5 heteroatoms. The van der Waals surface area contributed by atoms with Crippen molar-refractivity contribution in [3.63, 3.8) is 0 Å². The summed E-state index contributed by atoms with van der Waals surface area (Å²) in [5.41, 5.74) is 0.867. The number of hydrogen-bond donors (Lipinski definition) is 2. The molecule has 1 rings (SSSR count). The fraction of sp³-hybridized carbons (Fsp3) is 0.571. The molecule has 0 bridgehead atoms. The molecule has 1 aromatic heterocycles. The smallest absolute Gasteiger partial charge is 0.253 e. The van der Waals surface area contributed by atoms with E-state index in [-0.39, 0.29) is 23.8 Å². The van der Waals surface area contributed by atoms with Crippen LogP contribution in [0.2, 0.25) is 0 Å². The van der Waals surface area contributed by atoms with E-state index >= 15 is 0 Å². The van der Waals surface area contributed by atoms with Gasteiger partial charge in [-0.15, -0.1) is 0 Å². The van der Waals surface area contributed by atoms with Gasteiger partial charge in [0.25, 0.3) is 5.91 Å². The van der Waals surface area contributed by atoms with Crippen LogP contribution in [0.3, 0.4) is 0 Å². The van der Waals surface area contributed by atoms with Crippen molar-refractivity contribution in [1.82, 2.24) is 15.2 Å². The van der Waals surface area contributed by atoms with Crippen molar-refractivity contribution < 1.29 is 9.59 Å². The van der Waals surface area contributed by atoms with Gasteiger partial charge >= 0.3 is 0 Å². The first kappa shape index (κ1) is 15.4. The van der Waals surface area contributed by atoms with Gasteiger partial charge < -0.3 is 10.6 Å². The Morgan fingerprint density at radius 3 is 2.32 bits per heavy atom. The second-order valence-corrected chi connectivity index (χ2v) is 5.10. The summed E-state index contributed by atoms with van der Waals surface area (Å²) in [4.78, 5) is 24.4. The van der Waals surface area contributed by atoms with Crippen molar-refractivity contribution in [3.05, 3.63) is 24.0 Å². The Balaban J connectivity index is 2.87. The van der Waals surface area contributed by atoms with Crippen LogP contribution in [-0.4, -0.2) is 35.5 Å². The van der Waals surface area contributed by atoms with Gasteiger partial charge in [-0.2, -0.15) is 0 Å². The minimum Gasteiger partial charge on any atom is -0.343 e. The Labute approximate surface area is 114 Å². The molecule has 0 aliphatic carbocycles. The van der Waals surface area contributed by atoms with Gasteiger partial charge in [-0.25, -0.2) is 0 Å². The molecule has 0 aromatic carbocycles. The molecule has 0 spiro atoms. The van der Waals surface area contributed by atoms with Crippen LogP contribution in [-0.2, 0) is 4.79 Å². The number of aromatic nitrogens is 1. The molecule has 0 saturated heterocycles. The van der Waals surface area contributed by atoms with Gasteiger partial charge in [0.2, 0.25) is 5.91 Å². The number of likely N-dealkylation sites (N-methyl/N-ethyl adjacent to an activating group) is 1. The molecule has 106 valence electrons. The van der Waals surface area contributed by atoms with E-state index < -0.39 is 6.04 Å². The van der Waals surface area contributed by atoms with Crippen molar-refractivity contribution in [2.24, 2.45) is 5.92 Å². The topological polar surface area (TPSA) is 63.1 Å². The van der Waals surface area contributed by atoms with Crippen LogP contribution in [0.25, 0.3) is 0 Å². The lowest BCUT2D eigenvalue weighted by Crippen LogP contribution is -2.51. The molecular weight excluding hydrogens is 242 g/mol. The Kier molecular flexibility index (Phi) is 5.30. The molecule has 0 radical (unpaired) electrons. The van der Waals surface area contributed by atoms with Crippen molar-refractivity contribution in [2.75, 3.05) is 7.05 Å². The number of nitrogens with zero attached hydrogens (tertiary/aromatic N) is 1. The first-order valence-corrected chi connectivity index (χ1v) is 6.54. The van der Waals surface area contributed by atoms with Crippen LogP contribution in [0.15, 0.2) is 18.3 Å². The number of rotatable bonds is 5. The fourth-order valence-corrected chi connectivity index (χ4v) is 1.79. The molecule has 1 amide bonds. The largest absolute Gasteiger partial charge is 0.343 e. The quantitative estimate of drug-likeness (QED) is 0.840. The van der Waals surface area contributed by atoms with Crippen molar-refractivity contribution in [3.8, 4) is 0 Å². The fourth-order valence-electron chi connectivity index (χ4n) is 1.79. The molecule has 0 fully saturated rings. The SMILES string of the molecule is CNC(C)C(=O)NC(C(=O)n1cccc1C)C(C)C. The number of hydrogen-bond acceptors (Lipinski definition) is 3. The summed E-state index contributed by atoms with van der Waals surface area (Å²) in [5.74, 6) is -0.240. The Bertz CT molecular complexity index is 451. The van der Waals surface area contributed by atoms with E-state index in [0.717, 1.165) is 5.69 Å². The number of carbonyl (C=O) groups excluding carboxylic acids is 2. The second-order valence-electron chi connectivity index (χ2n) is 5.10. The van der Waals surface area contributed by atoms with E-state index in [2.05, 4.69) is 10.6 Å². The third-order valence-electron chi connectivity index (χ3n) is 3.25. The van der Waals surface area contributed by atoms with E-state index in [1.807, 2.05) is 32.9 Å². The summed E-state index contributed by atoms with van der Waals surface area (Å²) < 4.78 is 1.58. The van der Waals surface area contributed by atoms with E-state index in [9.17, 15) is 9.59 Å². The van der Waals surface area contributed by atoms with Crippen LogP contribution in [0.5, 0.6) is 0 Å². The zero-order valence-corrected chi connectivity index (χ0v) is 12.2. The van der Waals surface area contributed by atoms with Gasteiger partial charge in [0, 0.05) is 11.9 Å². The molecule has 2 unspecified atom stereocenters. The highest BCUT2D eigenvalue weighted by Gasteiger charge is 2.27. The van der Waals surface area contributed by atoms with Crippen LogP contribution < -0.4 is 10.6 Å². The summed E-state index contributed by atoms with van der Waals surface area (Å²) in [6, 6.07) is 2.85. The number of carbonyl (C=O) groups is 2. The molecule has 19 heavy (non-hydrogen) atoms. The minimum absolute atomic E-state index is 0.0299. The van der Waals surface area contributed by atoms with Gasteiger partial charge in [0.15, 0.2) is 0 Å². The summed E-state index contributed by atoms with van der Waals surface area (Å²) in [6.45, 7) is 7.48. The lowest BCUT2D eigenvalue weighted by atomic mass is 10.0. The van der Waals surface area contributed by atoms with Gasteiger partial charge in [-0.1, -0.05) is 13.8 Å². The number of amides is 1. The zero-order chi connectivity index (χ0) is 14.6. The van der Waals surface area contributed by atoms with E-state index in [4.69, 9.17) is 0 Å². The maximum absolute atomic E-state index is 12.4. The maximum Gasteiger partial charge on any atom is 0.253 e. The predicted octanol–water partition coefficient (Wildman–Crippen LogP) is 1.19. The first-order chi connectivity index (χ1) is 8.88. The lowest BCUT2D eigenvalue weighted by molar-refractivity contribution is -0.123. The van der Waals surface area contributed by atoms with Crippen LogP contribution in [0.1, 0.15) is 31.3 Å². The molecular formula is C14H23N3O2. The highest BCUT2D eigenvalue weighted by Crippen LogP contribution is 2.09. The maximum atomic E-state index is 12.4. The predicted molar refractivity (Wildman–Crippen MR) is 75.1 cm³/mol. The standard InChI is InChI=1S/C14H23N3O2/c1-9(2)12(16-13(18)11(4)15-5)14(19)17-8-6-7-10(17)3/h6-9,11-12,15H,1-5H3,(H,16,18). The molecule has 0 saturated carbocycles. The lowest BCUT2D eigenvalue weighted by Gasteiger charge is -2.23. The molecule has 1 heterocycles. The van der Waals surface area contributed by atoms with Crippen molar-refractivity contribution in [2.45, 2.75) is 39.8 Å². The van der Waals surface area contributed by atoms with Gasteiger partial charge in [0.1, 0.15) is 6.04 Å². The van der Waals surface area contributed by atoms with E-state index in [0.29, 0.717) is 0 Å². The van der Waals surface area contributed by atoms with Gasteiger partial charge in [-0.05, 0) is 38.9 Å². The van der Waals surface area contributed by atoms with E-state index in [1.165, 1.54) is 0 Å². The molecule has 0 aliphatic heterocycles. The summed E-state index contributed by atoms with van der Waals surface area (Å²) >= 11 is 0. The van der Waals surface area contributed by atoms with Crippen molar-refractivity contribution >= 4 is 11.8 Å². The third-order valence-corrected chi connectivity index (χ3v) is 3.25. The van der Waals surface area contributed by atoms with Crippen LogP contribution in [0.4, 0.5) is 0 Å². The second kappa shape index (κ2) is 6.52. The Morgan fingerprint density at radius 2 is 1.89 bits per heavy atom. The first-order valence-electron chi connectivity index (χ1n) is 6.54. The Morgan fingerprint density at radius 1 is 1.26 bits per heavy atom. The Hall–Kier alpha value is -1.62. The van der Waals surface area contributed by atoms with Gasteiger partial charge in [0.05, 0.1) is 6.04 Å². The minimum atomic E-state index is -0.519. The highest BCUT2D eigenvalue weighted by molar-refractivity contribution is 5.91. The molecule has 5 nitrogen and oxygen atoms in total. The molecule has 0 aliphatic rings. The number of aryl methyl sites for hydroxylation is 1. The monoisotopic (exact) mass is 265 g/mol. The van der Waals surface area contributed by atoms with Crippen LogP contribution >= 0.6 is 0 Å². The average Bonchev–Trinajstić information content (AvgIpc) is 2.79. The molecule has 1 aromatic rings. The third kappa shape index (κ3) is 3.67. The summed E-state index contributed by atoms with van der Waals surface area (Å²) in [6.07, 6.45) is 1.72. The average molecular weight is 265 g/mol. The zero-order valence-electron chi connectivity index (χ0n) is 12.2. The summed E-state index contributed by atoms with van der Waals surface area (Å²) in [7, 11) is 1.71. The summed E-state index contributed by atoms with van der Waals surface area (Å²) in [5, 5.41) is 5.67. The van der Waals surface area contributed by atoms with E-state index in [1.54, 1.807) is 24.7 Å². The molecule has 2 atom stereocenters. The van der Waals surface area contributed by atoms with Crippen molar-refractivity contribution in [1.29, 1.82) is 0 Å². The number of nitrogens with one attached hydrogen (secondary N) is 2. The van der Waals surface area contributed by atoms with Crippen LogP contribution in [0, 0.1) is 12.8 Å². The highest BCUT2D eigenvalue weighted by atomic mass is 16.2.